The summed E-state index contributed by atoms with van der Waals surface area (Å²) in [6.07, 6.45) is 6.65. The Labute approximate surface area is 122 Å². The highest BCUT2D eigenvalue weighted by Gasteiger charge is 2.20. The molecule has 1 amide bonds. The Bertz CT molecular complexity index is 706. The molecule has 1 aliphatic rings. The maximum Gasteiger partial charge on any atom is 0.419 e. The summed E-state index contributed by atoms with van der Waals surface area (Å²) in [7, 11) is 1.66. The van der Waals surface area contributed by atoms with Crippen LogP contribution in [-0.2, 0) is 11.8 Å². The van der Waals surface area contributed by atoms with E-state index in [0.717, 1.165) is 31.2 Å². The zero-order valence-electron chi connectivity index (χ0n) is 12.2. The van der Waals surface area contributed by atoms with Crippen LogP contribution in [0.2, 0.25) is 0 Å². The van der Waals surface area contributed by atoms with E-state index < -0.39 is 5.76 Å². The topological polar surface area (TPSA) is 64.2 Å². The summed E-state index contributed by atoms with van der Waals surface area (Å²) in [4.78, 5) is 23.8. The highest BCUT2D eigenvalue weighted by Crippen LogP contribution is 2.25. The van der Waals surface area contributed by atoms with E-state index in [1.807, 2.05) is 6.07 Å². The Morgan fingerprint density at radius 1 is 1.24 bits per heavy atom. The maximum atomic E-state index is 12.3. The lowest BCUT2D eigenvalue weighted by Gasteiger charge is -2.14. The summed E-state index contributed by atoms with van der Waals surface area (Å²) in [5.74, 6) is -0.210. The van der Waals surface area contributed by atoms with Gasteiger partial charge in [-0.3, -0.25) is 9.36 Å². The number of hydrogen-bond donors (Lipinski definition) is 1. The molecule has 0 aliphatic heterocycles. The standard InChI is InChI=1S/C16H20N2O3/c1-18-13-9-8-12(10-14(13)21-16(18)20)17-15(19)11-6-4-2-3-5-7-11/h8-11H,2-7H2,1H3,(H,17,19). The van der Waals surface area contributed by atoms with E-state index in [1.165, 1.54) is 17.4 Å². The van der Waals surface area contributed by atoms with Gasteiger partial charge >= 0.3 is 5.76 Å². The molecule has 1 fully saturated rings. The third kappa shape index (κ3) is 2.86. The second-order valence-electron chi connectivity index (χ2n) is 5.79. The number of hydrogen-bond acceptors (Lipinski definition) is 3. The summed E-state index contributed by atoms with van der Waals surface area (Å²) in [5, 5.41) is 2.95. The maximum absolute atomic E-state index is 12.3. The number of carbonyl (C=O) groups is 1. The molecule has 5 nitrogen and oxygen atoms in total. The Hall–Kier alpha value is -2.04. The average Bonchev–Trinajstić information content (AvgIpc) is 2.68. The number of nitrogens with one attached hydrogen (secondary N) is 1. The fourth-order valence-electron chi connectivity index (χ4n) is 3.00. The third-order valence-electron chi connectivity index (χ3n) is 4.29. The molecule has 112 valence electrons. The quantitative estimate of drug-likeness (QED) is 0.864. The predicted octanol–water partition coefficient (Wildman–Crippen LogP) is 3.04. The van der Waals surface area contributed by atoms with E-state index in [4.69, 9.17) is 4.42 Å². The summed E-state index contributed by atoms with van der Waals surface area (Å²) in [5.41, 5.74) is 1.92. The van der Waals surface area contributed by atoms with Crippen molar-refractivity contribution in [1.82, 2.24) is 4.57 Å². The number of oxazole rings is 1. The first-order valence-electron chi connectivity index (χ1n) is 7.55. The average molecular weight is 288 g/mol. The van der Waals surface area contributed by atoms with Gasteiger partial charge in [-0.15, -0.1) is 0 Å². The smallest absolute Gasteiger partial charge is 0.408 e. The number of anilines is 1. The first kappa shape index (κ1) is 13.9. The normalized spacial score (nSPS) is 16.8. The summed E-state index contributed by atoms with van der Waals surface area (Å²) in [6.45, 7) is 0. The molecule has 0 radical (unpaired) electrons. The molecule has 1 aromatic heterocycles. The number of rotatable bonds is 2. The van der Waals surface area contributed by atoms with Gasteiger partial charge in [0.05, 0.1) is 5.52 Å². The van der Waals surface area contributed by atoms with Crippen molar-refractivity contribution in [2.75, 3.05) is 5.32 Å². The van der Waals surface area contributed by atoms with Crippen LogP contribution in [-0.4, -0.2) is 10.5 Å². The van der Waals surface area contributed by atoms with Crippen molar-refractivity contribution in [3.8, 4) is 0 Å². The van der Waals surface area contributed by atoms with Crippen molar-refractivity contribution in [1.29, 1.82) is 0 Å². The molecule has 3 rings (SSSR count). The first-order valence-corrected chi connectivity index (χ1v) is 7.55. The molecule has 1 N–H and O–H groups in total. The van der Waals surface area contributed by atoms with Gasteiger partial charge in [-0.25, -0.2) is 4.79 Å². The van der Waals surface area contributed by atoms with Gasteiger partial charge in [0.1, 0.15) is 0 Å². The van der Waals surface area contributed by atoms with E-state index >= 15 is 0 Å². The van der Waals surface area contributed by atoms with Gasteiger partial charge in [0, 0.05) is 24.7 Å². The lowest BCUT2D eigenvalue weighted by Crippen LogP contribution is -2.22. The number of amides is 1. The van der Waals surface area contributed by atoms with Crippen LogP contribution in [0.15, 0.2) is 27.4 Å². The zero-order chi connectivity index (χ0) is 14.8. The SMILES string of the molecule is Cn1c(=O)oc2cc(NC(=O)C3CCCCCC3)ccc21. The van der Waals surface area contributed by atoms with E-state index in [0.29, 0.717) is 11.3 Å². The number of aromatic nitrogens is 1. The number of carbonyl (C=O) groups excluding carboxylic acids is 1. The van der Waals surface area contributed by atoms with Gasteiger partial charge in [-0.1, -0.05) is 25.7 Å². The van der Waals surface area contributed by atoms with Gasteiger partial charge in [0.25, 0.3) is 0 Å². The van der Waals surface area contributed by atoms with Crippen LogP contribution < -0.4 is 11.1 Å². The summed E-state index contributed by atoms with van der Waals surface area (Å²) >= 11 is 0. The second-order valence-corrected chi connectivity index (χ2v) is 5.79. The van der Waals surface area contributed by atoms with Gasteiger partial charge < -0.3 is 9.73 Å². The molecule has 0 bridgehead atoms. The van der Waals surface area contributed by atoms with Gasteiger partial charge in [-0.05, 0) is 25.0 Å². The van der Waals surface area contributed by atoms with Crippen molar-refractivity contribution in [3.05, 3.63) is 28.7 Å². The van der Waals surface area contributed by atoms with Crippen molar-refractivity contribution in [3.63, 3.8) is 0 Å². The molecule has 0 spiro atoms. The summed E-state index contributed by atoms with van der Waals surface area (Å²) in [6, 6.07) is 5.32. The summed E-state index contributed by atoms with van der Waals surface area (Å²) < 4.78 is 6.59. The van der Waals surface area contributed by atoms with Crippen LogP contribution in [0.3, 0.4) is 0 Å². The molecule has 2 aromatic rings. The van der Waals surface area contributed by atoms with E-state index in [1.54, 1.807) is 19.2 Å². The number of fused-ring (bicyclic) bond motifs is 1. The van der Waals surface area contributed by atoms with Crippen molar-refractivity contribution < 1.29 is 9.21 Å². The van der Waals surface area contributed by atoms with Crippen molar-refractivity contribution in [2.45, 2.75) is 38.5 Å². The lowest BCUT2D eigenvalue weighted by atomic mass is 9.99. The second kappa shape index (κ2) is 5.76. The Kier molecular flexibility index (Phi) is 3.82. The van der Waals surface area contributed by atoms with Gasteiger partial charge in [0.2, 0.25) is 5.91 Å². The number of nitrogens with zero attached hydrogens (tertiary/aromatic N) is 1. The van der Waals surface area contributed by atoms with Crippen molar-refractivity contribution >= 4 is 22.7 Å². The molecule has 21 heavy (non-hydrogen) atoms. The molecular weight excluding hydrogens is 268 g/mol. The lowest BCUT2D eigenvalue weighted by molar-refractivity contribution is -0.120. The minimum atomic E-state index is -0.391. The van der Waals surface area contributed by atoms with Gasteiger partial charge in [0.15, 0.2) is 5.58 Å². The Morgan fingerprint density at radius 2 is 1.95 bits per heavy atom. The minimum absolute atomic E-state index is 0.0783. The molecule has 0 unspecified atom stereocenters. The monoisotopic (exact) mass is 288 g/mol. The molecular formula is C16H20N2O3. The third-order valence-corrected chi connectivity index (χ3v) is 4.29. The van der Waals surface area contributed by atoms with Crippen LogP contribution in [0.1, 0.15) is 38.5 Å². The van der Waals surface area contributed by atoms with Crippen LogP contribution >= 0.6 is 0 Å². The van der Waals surface area contributed by atoms with Gasteiger partial charge in [-0.2, -0.15) is 0 Å². The molecule has 1 aromatic carbocycles. The zero-order valence-corrected chi connectivity index (χ0v) is 12.2. The van der Waals surface area contributed by atoms with E-state index in [2.05, 4.69) is 5.32 Å². The molecule has 1 heterocycles. The number of aryl methyl sites for hydroxylation is 1. The Morgan fingerprint density at radius 3 is 2.67 bits per heavy atom. The van der Waals surface area contributed by atoms with Crippen LogP contribution in [0.4, 0.5) is 5.69 Å². The van der Waals surface area contributed by atoms with E-state index in [9.17, 15) is 9.59 Å². The largest absolute Gasteiger partial charge is 0.419 e. The number of benzene rings is 1. The van der Waals surface area contributed by atoms with E-state index in [-0.39, 0.29) is 11.8 Å². The molecule has 0 saturated heterocycles. The predicted molar refractivity (Wildman–Crippen MR) is 81.3 cm³/mol. The molecule has 5 heteroatoms. The fourth-order valence-corrected chi connectivity index (χ4v) is 3.00. The van der Waals surface area contributed by atoms with Crippen LogP contribution in [0.25, 0.3) is 11.1 Å². The minimum Gasteiger partial charge on any atom is -0.408 e. The Balaban J connectivity index is 1.77. The molecule has 0 atom stereocenters. The van der Waals surface area contributed by atoms with Crippen LogP contribution in [0, 0.1) is 5.92 Å². The first-order chi connectivity index (χ1) is 10.1. The van der Waals surface area contributed by atoms with Crippen LogP contribution in [0.5, 0.6) is 0 Å². The molecule has 1 aliphatic carbocycles. The fraction of sp³-hybridized carbons (Fsp3) is 0.500. The highest BCUT2D eigenvalue weighted by atomic mass is 16.4. The van der Waals surface area contributed by atoms with Crippen molar-refractivity contribution in [2.24, 2.45) is 13.0 Å². The molecule has 1 saturated carbocycles. The highest BCUT2D eigenvalue weighted by molar-refractivity contribution is 5.94.